The second kappa shape index (κ2) is 7.41. The predicted octanol–water partition coefficient (Wildman–Crippen LogP) is 3.40. The Morgan fingerprint density at radius 1 is 1.08 bits per heavy atom. The van der Waals surface area contributed by atoms with Gasteiger partial charge in [0.1, 0.15) is 0 Å². The summed E-state index contributed by atoms with van der Waals surface area (Å²) in [6.07, 6.45) is 0.106. The molecule has 0 fully saturated rings. The van der Waals surface area contributed by atoms with Crippen molar-refractivity contribution in [2.75, 3.05) is 13.6 Å². The van der Waals surface area contributed by atoms with E-state index in [1.54, 1.807) is 30.1 Å². The minimum atomic E-state index is -0.347. The van der Waals surface area contributed by atoms with E-state index in [2.05, 4.69) is 15.9 Å². The zero-order chi connectivity index (χ0) is 18.8. The average molecular weight is 415 g/mol. The van der Waals surface area contributed by atoms with Crippen LogP contribution in [0.3, 0.4) is 0 Å². The van der Waals surface area contributed by atoms with Gasteiger partial charge in [-0.05, 0) is 36.2 Å². The summed E-state index contributed by atoms with van der Waals surface area (Å²) in [7, 11) is 1.73. The maximum Gasteiger partial charge on any atom is 0.261 e. The zero-order valence-electron chi connectivity index (χ0n) is 14.7. The molecule has 1 aliphatic heterocycles. The Morgan fingerprint density at radius 3 is 2.50 bits per heavy atom. The second-order valence-corrected chi connectivity index (χ2v) is 7.29. The SMILES string of the molecule is Cc1ccccc1CN(C)C(=O)CCN1C(=O)c2ccc(Br)cc2C1=O. The van der Waals surface area contributed by atoms with Crippen molar-refractivity contribution in [2.24, 2.45) is 0 Å². The molecular formula is C20H19BrN2O3. The van der Waals surface area contributed by atoms with Crippen LogP contribution in [-0.4, -0.2) is 41.1 Å². The first-order valence-corrected chi connectivity index (χ1v) is 9.12. The molecule has 0 atom stereocenters. The largest absolute Gasteiger partial charge is 0.341 e. The highest BCUT2D eigenvalue weighted by molar-refractivity contribution is 9.10. The van der Waals surface area contributed by atoms with E-state index >= 15 is 0 Å². The summed E-state index contributed by atoms with van der Waals surface area (Å²) in [4.78, 5) is 40.0. The summed E-state index contributed by atoms with van der Waals surface area (Å²) >= 11 is 3.31. The van der Waals surface area contributed by atoms with Crippen LogP contribution < -0.4 is 0 Å². The predicted molar refractivity (Wildman–Crippen MR) is 102 cm³/mol. The van der Waals surface area contributed by atoms with Gasteiger partial charge in [0.15, 0.2) is 0 Å². The first-order valence-electron chi connectivity index (χ1n) is 8.32. The first kappa shape index (κ1) is 18.3. The number of amides is 3. The molecule has 0 saturated carbocycles. The van der Waals surface area contributed by atoms with Crippen LogP contribution in [0.5, 0.6) is 0 Å². The number of benzene rings is 2. The van der Waals surface area contributed by atoms with Crippen molar-refractivity contribution in [3.05, 3.63) is 69.2 Å². The van der Waals surface area contributed by atoms with E-state index < -0.39 is 0 Å². The number of halogens is 1. The first-order chi connectivity index (χ1) is 12.4. The normalized spacial score (nSPS) is 13.1. The van der Waals surface area contributed by atoms with Crippen LogP contribution in [0, 0.1) is 6.92 Å². The fraction of sp³-hybridized carbons (Fsp3) is 0.250. The van der Waals surface area contributed by atoms with Crippen LogP contribution in [0.25, 0.3) is 0 Å². The summed E-state index contributed by atoms with van der Waals surface area (Å²) in [5.74, 6) is -0.793. The topological polar surface area (TPSA) is 57.7 Å². The molecule has 0 aromatic heterocycles. The number of carbonyl (C=O) groups is 3. The maximum atomic E-state index is 12.4. The molecule has 2 aromatic carbocycles. The van der Waals surface area contributed by atoms with E-state index in [9.17, 15) is 14.4 Å². The number of hydrogen-bond donors (Lipinski definition) is 0. The molecule has 1 heterocycles. The number of rotatable bonds is 5. The maximum absolute atomic E-state index is 12.4. The van der Waals surface area contributed by atoms with Crippen molar-refractivity contribution in [3.8, 4) is 0 Å². The fourth-order valence-corrected chi connectivity index (χ4v) is 3.36. The molecule has 1 aliphatic rings. The van der Waals surface area contributed by atoms with Gasteiger partial charge in [-0.2, -0.15) is 0 Å². The van der Waals surface area contributed by atoms with Gasteiger partial charge in [0.2, 0.25) is 5.91 Å². The van der Waals surface area contributed by atoms with Gasteiger partial charge in [-0.1, -0.05) is 40.2 Å². The highest BCUT2D eigenvalue weighted by Crippen LogP contribution is 2.26. The van der Waals surface area contributed by atoms with Gasteiger partial charge < -0.3 is 4.90 Å². The van der Waals surface area contributed by atoms with E-state index in [4.69, 9.17) is 0 Å². The number of hydrogen-bond acceptors (Lipinski definition) is 3. The zero-order valence-corrected chi connectivity index (χ0v) is 16.2. The number of aryl methyl sites for hydroxylation is 1. The molecule has 0 bridgehead atoms. The standard InChI is InChI=1S/C20H19BrN2O3/c1-13-5-3-4-6-14(13)12-22(2)18(24)9-10-23-19(25)16-8-7-15(21)11-17(16)20(23)26/h3-8,11H,9-10,12H2,1-2H3. The van der Waals surface area contributed by atoms with Crippen LogP contribution in [0.15, 0.2) is 46.9 Å². The van der Waals surface area contributed by atoms with Crippen molar-refractivity contribution >= 4 is 33.7 Å². The van der Waals surface area contributed by atoms with Gasteiger partial charge >= 0.3 is 0 Å². The summed E-state index contributed by atoms with van der Waals surface area (Å²) in [6, 6.07) is 12.9. The minimum absolute atomic E-state index is 0.0842. The third kappa shape index (κ3) is 3.55. The summed E-state index contributed by atoms with van der Waals surface area (Å²) in [6.45, 7) is 2.59. The lowest BCUT2D eigenvalue weighted by molar-refractivity contribution is -0.130. The van der Waals surface area contributed by atoms with Crippen LogP contribution in [0.1, 0.15) is 38.3 Å². The molecule has 3 rings (SSSR count). The molecule has 3 amide bonds. The smallest absolute Gasteiger partial charge is 0.261 e. The van der Waals surface area contributed by atoms with Crippen molar-refractivity contribution in [1.82, 2.24) is 9.80 Å². The molecule has 26 heavy (non-hydrogen) atoms. The monoisotopic (exact) mass is 414 g/mol. The van der Waals surface area contributed by atoms with Gasteiger partial charge in [-0.3, -0.25) is 19.3 Å². The Balaban J connectivity index is 1.62. The van der Waals surface area contributed by atoms with Gasteiger partial charge in [0.05, 0.1) is 11.1 Å². The molecule has 0 aliphatic carbocycles. The van der Waals surface area contributed by atoms with Crippen LogP contribution in [0.2, 0.25) is 0 Å². The Labute approximate surface area is 160 Å². The van der Waals surface area contributed by atoms with Crippen LogP contribution >= 0.6 is 15.9 Å². The Hall–Kier alpha value is -2.47. The molecule has 0 saturated heterocycles. The number of carbonyl (C=O) groups excluding carboxylic acids is 3. The highest BCUT2D eigenvalue weighted by atomic mass is 79.9. The Kier molecular flexibility index (Phi) is 5.23. The molecule has 5 nitrogen and oxygen atoms in total. The highest BCUT2D eigenvalue weighted by Gasteiger charge is 2.35. The summed E-state index contributed by atoms with van der Waals surface area (Å²) < 4.78 is 0.744. The van der Waals surface area contributed by atoms with Crippen LogP contribution in [-0.2, 0) is 11.3 Å². The Bertz CT molecular complexity index is 894. The number of imide groups is 1. The number of nitrogens with zero attached hydrogens (tertiary/aromatic N) is 2. The minimum Gasteiger partial charge on any atom is -0.341 e. The summed E-state index contributed by atoms with van der Waals surface area (Å²) in [5, 5.41) is 0. The molecule has 0 N–H and O–H groups in total. The second-order valence-electron chi connectivity index (χ2n) is 6.38. The van der Waals surface area contributed by atoms with Gasteiger partial charge in [-0.25, -0.2) is 0 Å². The average Bonchev–Trinajstić information content (AvgIpc) is 2.85. The third-order valence-electron chi connectivity index (χ3n) is 4.58. The molecular weight excluding hydrogens is 396 g/mol. The van der Waals surface area contributed by atoms with E-state index in [0.717, 1.165) is 20.5 Å². The van der Waals surface area contributed by atoms with E-state index in [0.29, 0.717) is 17.7 Å². The van der Waals surface area contributed by atoms with Gasteiger partial charge in [0, 0.05) is 31.0 Å². The third-order valence-corrected chi connectivity index (χ3v) is 5.07. The molecule has 2 aromatic rings. The lowest BCUT2D eigenvalue weighted by Gasteiger charge is -2.20. The quantitative estimate of drug-likeness (QED) is 0.704. The molecule has 0 spiro atoms. The van der Waals surface area contributed by atoms with E-state index in [-0.39, 0.29) is 30.7 Å². The molecule has 0 radical (unpaired) electrons. The van der Waals surface area contributed by atoms with Crippen molar-refractivity contribution < 1.29 is 14.4 Å². The van der Waals surface area contributed by atoms with Gasteiger partial charge in [-0.15, -0.1) is 0 Å². The Morgan fingerprint density at radius 2 is 1.77 bits per heavy atom. The fourth-order valence-electron chi connectivity index (χ4n) is 3.00. The van der Waals surface area contributed by atoms with E-state index in [1.165, 1.54) is 0 Å². The number of fused-ring (bicyclic) bond motifs is 1. The van der Waals surface area contributed by atoms with Crippen LogP contribution in [0.4, 0.5) is 0 Å². The van der Waals surface area contributed by atoms with Crippen molar-refractivity contribution in [2.45, 2.75) is 19.9 Å². The molecule has 6 heteroatoms. The molecule has 134 valence electrons. The van der Waals surface area contributed by atoms with Crippen molar-refractivity contribution in [1.29, 1.82) is 0 Å². The summed E-state index contributed by atoms with van der Waals surface area (Å²) in [5.41, 5.74) is 2.97. The van der Waals surface area contributed by atoms with E-state index in [1.807, 2.05) is 31.2 Å². The lowest BCUT2D eigenvalue weighted by atomic mass is 10.1. The van der Waals surface area contributed by atoms with Gasteiger partial charge in [0.25, 0.3) is 11.8 Å². The van der Waals surface area contributed by atoms with Crippen molar-refractivity contribution in [3.63, 3.8) is 0 Å². The lowest BCUT2D eigenvalue weighted by Crippen LogP contribution is -2.35. The molecule has 0 unspecified atom stereocenters.